The van der Waals surface area contributed by atoms with Crippen molar-refractivity contribution in [1.29, 1.82) is 0 Å². The van der Waals surface area contributed by atoms with Crippen molar-refractivity contribution in [3.05, 3.63) is 29.8 Å². The Bertz CT molecular complexity index is 425. The molecule has 0 heterocycles. The highest BCUT2D eigenvalue weighted by molar-refractivity contribution is 5.85. The number of rotatable bonds is 5. The van der Waals surface area contributed by atoms with E-state index < -0.39 is 5.97 Å². The number of aliphatic carboxylic acids is 1. The standard InChI is InChI=1S/C13H17NO3/c1-9(2)8-17-12-5-3-10(7-11(12)14)4-6-13(15)16/h3-7,9H,8,14H2,1-2H3,(H,15,16)/b6-4-. The summed E-state index contributed by atoms with van der Waals surface area (Å²) in [6, 6.07) is 5.21. The van der Waals surface area contributed by atoms with Crippen molar-refractivity contribution in [1.82, 2.24) is 0 Å². The van der Waals surface area contributed by atoms with Gasteiger partial charge in [0, 0.05) is 6.08 Å². The van der Waals surface area contributed by atoms with Crippen LogP contribution in [-0.2, 0) is 4.79 Å². The number of anilines is 1. The van der Waals surface area contributed by atoms with Gasteiger partial charge in [0.2, 0.25) is 0 Å². The maximum absolute atomic E-state index is 10.4. The highest BCUT2D eigenvalue weighted by atomic mass is 16.5. The van der Waals surface area contributed by atoms with Crippen LogP contribution in [0, 0.1) is 5.92 Å². The summed E-state index contributed by atoms with van der Waals surface area (Å²) in [6.45, 7) is 4.72. The third-order valence-electron chi connectivity index (χ3n) is 2.02. The number of benzene rings is 1. The van der Waals surface area contributed by atoms with Gasteiger partial charge in [-0.05, 0) is 29.7 Å². The lowest BCUT2D eigenvalue weighted by Crippen LogP contribution is -2.06. The quantitative estimate of drug-likeness (QED) is 0.607. The average Bonchev–Trinajstić information content (AvgIpc) is 2.24. The molecule has 0 aliphatic carbocycles. The zero-order valence-corrected chi connectivity index (χ0v) is 10.0. The predicted molar refractivity (Wildman–Crippen MR) is 67.9 cm³/mol. The third-order valence-corrected chi connectivity index (χ3v) is 2.02. The Kier molecular flexibility index (Phi) is 4.57. The van der Waals surface area contributed by atoms with Crippen molar-refractivity contribution in [3.8, 4) is 5.75 Å². The first-order valence-corrected chi connectivity index (χ1v) is 5.42. The molecule has 4 nitrogen and oxygen atoms in total. The lowest BCUT2D eigenvalue weighted by molar-refractivity contribution is -0.131. The van der Waals surface area contributed by atoms with Gasteiger partial charge < -0.3 is 15.6 Å². The molecule has 0 atom stereocenters. The molecule has 0 spiro atoms. The number of carbonyl (C=O) groups is 1. The predicted octanol–water partition coefficient (Wildman–Crippen LogP) is 2.40. The van der Waals surface area contributed by atoms with Gasteiger partial charge in [-0.2, -0.15) is 0 Å². The fraction of sp³-hybridized carbons (Fsp3) is 0.308. The number of nitrogen functional groups attached to an aromatic ring is 1. The number of hydrogen-bond donors (Lipinski definition) is 2. The molecule has 1 aromatic carbocycles. The van der Waals surface area contributed by atoms with Crippen LogP contribution in [0.15, 0.2) is 24.3 Å². The van der Waals surface area contributed by atoms with E-state index in [0.29, 0.717) is 24.0 Å². The second kappa shape index (κ2) is 5.94. The molecule has 0 saturated carbocycles. The molecule has 1 rings (SSSR count). The Hall–Kier alpha value is -1.97. The Morgan fingerprint density at radius 3 is 2.76 bits per heavy atom. The van der Waals surface area contributed by atoms with E-state index in [0.717, 1.165) is 11.6 Å². The minimum atomic E-state index is -0.983. The molecular weight excluding hydrogens is 218 g/mol. The molecule has 0 radical (unpaired) electrons. The smallest absolute Gasteiger partial charge is 0.328 e. The molecule has 92 valence electrons. The number of ether oxygens (including phenoxy) is 1. The monoisotopic (exact) mass is 235 g/mol. The number of carboxylic acid groups (broad SMARTS) is 1. The van der Waals surface area contributed by atoms with Crippen LogP contribution < -0.4 is 10.5 Å². The molecule has 0 aromatic heterocycles. The molecule has 1 aromatic rings. The van der Waals surface area contributed by atoms with E-state index in [-0.39, 0.29) is 0 Å². The van der Waals surface area contributed by atoms with Gasteiger partial charge in [-0.25, -0.2) is 4.79 Å². The van der Waals surface area contributed by atoms with E-state index in [1.807, 2.05) is 0 Å². The summed E-state index contributed by atoms with van der Waals surface area (Å²) in [7, 11) is 0. The van der Waals surface area contributed by atoms with Crippen molar-refractivity contribution in [2.75, 3.05) is 12.3 Å². The van der Waals surface area contributed by atoms with Gasteiger partial charge >= 0.3 is 5.97 Å². The fourth-order valence-electron chi connectivity index (χ4n) is 1.23. The molecule has 0 aliphatic rings. The van der Waals surface area contributed by atoms with Gasteiger partial charge in [0.05, 0.1) is 12.3 Å². The van der Waals surface area contributed by atoms with Crippen LogP contribution in [0.3, 0.4) is 0 Å². The van der Waals surface area contributed by atoms with Gasteiger partial charge in [0.25, 0.3) is 0 Å². The van der Waals surface area contributed by atoms with Gasteiger partial charge in [-0.3, -0.25) is 0 Å². The van der Waals surface area contributed by atoms with Crippen molar-refractivity contribution in [2.24, 2.45) is 5.92 Å². The van der Waals surface area contributed by atoms with Gasteiger partial charge in [0.1, 0.15) is 5.75 Å². The maximum Gasteiger partial charge on any atom is 0.328 e. The molecule has 0 unspecified atom stereocenters. The van der Waals surface area contributed by atoms with Crippen LogP contribution >= 0.6 is 0 Å². The topological polar surface area (TPSA) is 72.5 Å². The van der Waals surface area contributed by atoms with Crippen LogP contribution in [0.5, 0.6) is 5.75 Å². The van der Waals surface area contributed by atoms with Crippen LogP contribution in [-0.4, -0.2) is 17.7 Å². The Morgan fingerprint density at radius 1 is 1.53 bits per heavy atom. The van der Waals surface area contributed by atoms with E-state index in [2.05, 4.69) is 13.8 Å². The van der Waals surface area contributed by atoms with E-state index in [1.54, 1.807) is 18.2 Å². The fourth-order valence-corrected chi connectivity index (χ4v) is 1.23. The average molecular weight is 235 g/mol. The zero-order chi connectivity index (χ0) is 12.8. The molecule has 0 aliphatic heterocycles. The van der Waals surface area contributed by atoms with Crippen molar-refractivity contribution in [3.63, 3.8) is 0 Å². The van der Waals surface area contributed by atoms with Gasteiger partial charge in [0.15, 0.2) is 0 Å². The molecule has 0 bridgehead atoms. The first kappa shape index (κ1) is 13.1. The minimum Gasteiger partial charge on any atom is -0.491 e. The van der Waals surface area contributed by atoms with Crippen molar-refractivity contribution < 1.29 is 14.6 Å². The lowest BCUT2D eigenvalue weighted by atomic mass is 10.1. The first-order chi connectivity index (χ1) is 7.99. The lowest BCUT2D eigenvalue weighted by Gasteiger charge is -2.11. The van der Waals surface area contributed by atoms with Crippen LogP contribution in [0.4, 0.5) is 5.69 Å². The van der Waals surface area contributed by atoms with Gasteiger partial charge in [-0.15, -0.1) is 0 Å². The summed E-state index contributed by atoms with van der Waals surface area (Å²) < 4.78 is 5.51. The maximum atomic E-state index is 10.4. The second-order valence-electron chi connectivity index (χ2n) is 4.17. The largest absolute Gasteiger partial charge is 0.491 e. The summed E-state index contributed by atoms with van der Waals surface area (Å²) in [5.74, 6) is 0.0795. The highest BCUT2D eigenvalue weighted by Crippen LogP contribution is 2.23. The normalized spacial score (nSPS) is 11.0. The first-order valence-electron chi connectivity index (χ1n) is 5.42. The number of hydrogen-bond acceptors (Lipinski definition) is 3. The molecule has 0 saturated heterocycles. The summed E-state index contributed by atoms with van der Waals surface area (Å²) in [6.07, 6.45) is 2.56. The third kappa shape index (κ3) is 4.59. The van der Waals surface area contributed by atoms with Crippen LogP contribution in [0.25, 0.3) is 6.08 Å². The van der Waals surface area contributed by atoms with Crippen molar-refractivity contribution in [2.45, 2.75) is 13.8 Å². The second-order valence-corrected chi connectivity index (χ2v) is 4.17. The van der Waals surface area contributed by atoms with E-state index in [4.69, 9.17) is 15.6 Å². The summed E-state index contributed by atoms with van der Waals surface area (Å²) >= 11 is 0. The minimum absolute atomic E-state index is 0.431. The summed E-state index contributed by atoms with van der Waals surface area (Å²) in [5, 5.41) is 8.50. The molecule has 0 fully saturated rings. The highest BCUT2D eigenvalue weighted by Gasteiger charge is 2.02. The van der Waals surface area contributed by atoms with E-state index >= 15 is 0 Å². The van der Waals surface area contributed by atoms with Crippen molar-refractivity contribution >= 4 is 17.7 Å². The Labute approximate surface area is 101 Å². The van der Waals surface area contributed by atoms with Gasteiger partial charge in [-0.1, -0.05) is 19.9 Å². The number of carboxylic acids is 1. The molecule has 0 amide bonds. The molecule has 4 heteroatoms. The molecule has 17 heavy (non-hydrogen) atoms. The van der Waals surface area contributed by atoms with E-state index in [9.17, 15) is 4.79 Å². The van der Waals surface area contributed by atoms with Crippen LogP contribution in [0.1, 0.15) is 19.4 Å². The summed E-state index contributed by atoms with van der Waals surface area (Å²) in [5.41, 5.74) is 7.06. The van der Waals surface area contributed by atoms with E-state index in [1.165, 1.54) is 6.08 Å². The molecular formula is C13H17NO3. The number of nitrogens with two attached hydrogens (primary N) is 1. The van der Waals surface area contributed by atoms with Crippen LogP contribution in [0.2, 0.25) is 0 Å². The Morgan fingerprint density at radius 2 is 2.24 bits per heavy atom. The summed E-state index contributed by atoms with van der Waals surface area (Å²) in [4.78, 5) is 10.4. The molecule has 3 N–H and O–H groups in total. The SMILES string of the molecule is CC(C)COc1ccc(/C=C\C(=O)O)cc1N. The zero-order valence-electron chi connectivity index (χ0n) is 10.0. The Balaban J connectivity index is 2.75.